The molecule has 2 nitrogen and oxygen atoms in total. The van der Waals surface area contributed by atoms with Crippen LogP contribution in [0.3, 0.4) is 0 Å². The third kappa shape index (κ3) is 2.50. The number of nitrogens with two attached hydrogens (primary N) is 1. The Balaban J connectivity index is 0.000000490. The van der Waals surface area contributed by atoms with Crippen LogP contribution in [0.2, 0.25) is 0 Å². The van der Waals surface area contributed by atoms with E-state index in [2.05, 4.69) is 5.32 Å². The maximum Gasteiger partial charge on any atom is 0.0165 e. The number of hydrogen-bond acceptors (Lipinski definition) is 2. The van der Waals surface area contributed by atoms with Crippen molar-refractivity contribution in [1.29, 1.82) is 0 Å². The molecule has 1 atom stereocenters. The van der Waals surface area contributed by atoms with Crippen molar-refractivity contribution >= 4 is 12.4 Å². The fourth-order valence-corrected chi connectivity index (χ4v) is 0.879. The Kier molecular flexibility index (Phi) is 4.23. The molecule has 0 aromatic heterocycles. The van der Waals surface area contributed by atoms with E-state index in [0.29, 0.717) is 6.04 Å². The van der Waals surface area contributed by atoms with Gasteiger partial charge in [0.2, 0.25) is 0 Å². The number of hydrogen-bond donors (Lipinski definition) is 2. The molecule has 0 aromatic carbocycles. The molecule has 50 valence electrons. The molecule has 1 saturated heterocycles. The Morgan fingerprint density at radius 3 is 2.50 bits per heavy atom. The second-order valence-electron chi connectivity index (χ2n) is 2.11. The van der Waals surface area contributed by atoms with E-state index in [9.17, 15) is 0 Å². The Bertz CT molecular complexity index is 52.4. The van der Waals surface area contributed by atoms with E-state index >= 15 is 0 Å². The number of nitrogens with one attached hydrogen (secondary N) is 1. The quantitative estimate of drug-likeness (QED) is 0.497. The highest BCUT2D eigenvalue weighted by Crippen LogP contribution is 1.96. The zero-order chi connectivity index (χ0) is 5.11. The summed E-state index contributed by atoms with van der Waals surface area (Å²) in [5.74, 6) is 0. The van der Waals surface area contributed by atoms with E-state index in [1.54, 1.807) is 0 Å². The highest BCUT2D eigenvalue weighted by Gasteiger charge is 2.05. The molecule has 8 heavy (non-hydrogen) atoms. The second-order valence-corrected chi connectivity index (χ2v) is 2.11. The number of rotatable bonds is 0. The van der Waals surface area contributed by atoms with Crippen molar-refractivity contribution in [2.45, 2.75) is 18.9 Å². The molecule has 0 unspecified atom stereocenters. The van der Waals surface area contributed by atoms with Gasteiger partial charge >= 0.3 is 0 Å². The third-order valence-corrected chi connectivity index (χ3v) is 1.33. The molecule has 0 radical (unpaired) electrons. The minimum absolute atomic E-state index is 0. The van der Waals surface area contributed by atoms with Crippen molar-refractivity contribution in [2.24, 2.45) is 5.73 Å². The lowest BCUT2D eigenvalue weighted by molar-refractivity contribution is 0.459. The number of piperidine rings is 1. The molecule has 0 aromatic rings. The van der Waals surface area contributed by atoms with Gasteiger partial charge in [0.1, 0.15) is 0 Å². The highest BCUT2D eigenvalue weighted by molar-refractivity contribution is 5.85. The summed E-state index contributed by atoms with van der Waals surface area (Å²) in [7, 11) is 0. The summed E-state index contributed by atoms with van der Waals surface area (Å²) >= 11 is 0. The molecular formula is C5H13ClN2. The van der Waals surface area contributed by atoms with Crippen molar-refractivity contribution in [1.82, 2.24) is 5.32 Å². The van der Waals surface area contributed by atoms with Gasteiger partial charge in [0, 0.05) is 12.6 Å². The first-order valence-corrected chi connectivity index (χ1v) is 2.86. The van der Waals surface area contributed by atoms with Crippen LogP contribution >= 0.6 is 12.4 Å². The molecular weight excluding hydrogens is 124 g/mol. The zero-order valence-electron chi connectivity index (χ0n) is 4.89. The van der Waals surface area contributed by atoms with E-state index < -0.39 is 0 Å². The summed E-state index contributed by atoms with van der Waals surface area (Å²) in [4.78, 5) is 0. The predicted octanol–water partition coefficient (Wildman–Crippen LogP) is 0.119. The molecule has 3 heteroatoms. The van der Waals surface area contributed by atoms with Gasteiger partial charge in [0.05, 0.1) is 0 Å². The van der Waals surface area contributed by atoms with E-state index in [1.165, 1.54) is 12.8 Å². The topological polar surface area (TPSA) is 38.0 Å². The first-order chi connectivity index (χ1) is 3.39. The van der Waals surface area contributed by atoms with Gasteiger partial charge in [-0.05, 0) is 19.4 Å². The molecule has 1 fully saturated rings. The lowest BCUT2D eigenvalue weighted by atomic mass is 10.1. The van der Waals surface area contributed by atoms with Gasteiger partial charge in [-0.25, -0.2) is 0 Å². The van der Waals surface area contributed by atoms with Crippen LogP contribution in [0.1, 0.15) is 12.8 Å². The van der Waals surface area contributed by atoms with E-state index in [-0.39, 0.29) is 12.4 Å². The molecule has 1 aliphatic heterocycles. The van der Waals surface area contributed by atoms with E-state index in [4.69, 9.17) is 5.73 Å². The SMILES string of the molecule is Cl.N[C@H]1CCCNC1. The van der Waals surface area contributed by atoms with Gasteiger partial charge in [-0.15, -0.1) is 12.4 Å². The van der Waals surface area contributed by atoms with Crippen molar-refractivity contribution < 1.29 is 0 Å². The van der Waals surface area contributed by atoms with Crippen LogP contribution in [0.4, 0.5) is 0 Å². The average molecular weight is 137 g/mol. The van der Waals surface area contributed by atoms with E-state index in [1.807, 2.05) is 0 Å². The van der Waals surface area contributed by atoms with Crippen LogP contribution in [0, 0.1) is 0 Å². The fourth-order valence-electron chi connectivity index (χ4n) is 0.879. The smallest absolute Gasteiger partial charge is 0.0165 e. The molecule has 0 amide bonds. The summed E-state index contributed by atoms with van der Waals surface area (Å²) in [6.45, 7) is 2.17. The van der Waals surface area contributed by atoms with Crippen LogP contribution in [-0.4, -0.2) is 19.1 Å². The minimum atomic E-state index is 0. The van der Waals surface area contributed by atoms with Crippen molar-refractivity contribution in [3.05, 3.63) is 0 Å². The van der Waals surface area contributed by atoms with Gasteiger partial charge in [-0.2, -0.15) is 0 Å². The lowest BCUT2D eigenvalue weighted by Gasteiger charge is -2.17. The van der Waals surface area contributed by atoms with Crippen LogP contribution in [0.15, 0.2) is 0 Å². The van der Waals surface area contributed by atoms with Crippen molar-refractivity contribution in [2.75, 3.05) is 13.1 Å². The van der Waals surface area contributed by atoms with Gasteiger partial charge < -0.3 is 11.1 Å². The van der Waals surface area contributed by atoms with Crippen LogP contribution < -0.4 is 11.1 Å². The molecule has 3 N–H and O–H groups in total. The van der Waals surface area contributed by atoms with Crippen LogP contribution in [0.25, 0.3) is 0 Å². The highest BCUT2D eigenvalue weighted by atomic mass is 35.5. The summed E-state index contributed by atoms with van der Waals surface area (Å²) < 4.78 is 0. The third-order valence-electron chi connectivity index (χ3n) is 1.33. The molecule has 1 aliphatic rings. The lowest BCUT2D eigenvalue weighted by Crippen LogP contribution is -2.39. The molecule has 0 aliphatic carbocycles. The molecule has 0 bridgehead atoms. The number of halogens is 1. The monoisotopic (exact) mass is 136 g/mol. The average Bonchev–Trinajstić information content (AvgIpc) is 1.69. The largest absolute Gasteiger partial charge is 0.327 e. The first-order valence-electron chi connectivity index (χ1n) is 2.86. The summed E-state index contributed by atoms with van der Waals surface area (Å²) in [6.07, 6.45) is 2.45. The Morgan fingerprint density at radius 2 is 2.25 bits per heavy atom. The normalized spacial score (nSPS) is 28.9. The predicted molar refractivity (Wildman–Crippen MR) is 37.3 cm³/mol. The molecule has 0 spiro atoms. The molecule has 1 heterocycles. The van der Waals surface area contributed by atoms with Gasteiger partial charge in [0.25, 0.3) is 0 Å². The maximum absolute atomic E-state index is 5.57. The van der Waals surface area contributed by atoms with Crippen molar-refractivity contribution in [3.8, 4) is 0 Å². The van der Waals surface area contributed by atoms with E-state index in [0.717, 1.165) is 13.1 Å². The summed E-state index contributed by atoms with van der Waals surface area (Å²) in [5.41, 5.74) is 5.57. The zero-order valence-corrected chi connectivity index (χ0v) is 5.71. The first kappa shape index (κ1) is 8.21. The Hall–Kier alpha value is 0.210. The Morgan fingerprint density at radius 1 is 1.50 bits per heavy atom. The summed E-state index contributed by atoms with van der Waals surface area (Å²) in [6, 6.07) is 0.425. The van der Waals surface area contributed by atoms with Crippen LogP contribution in [-0.2, 0) is 0 Å². The van der Waals surface area contributed by atoms with Crippen LogP contribution in [0.5, 0.6) is 0 Å². The molecule has 1 rings (SSSR count). The molecule has 0 saturated carbocycles. The Labute approximate surface area is 56.2 Å². The van der Waals surface area contributed by atoms with Crippen molar-refractivity contribution in [3.63, 3.8) is 0 Å². The maximum atomic E-state index is 5.57. The van der Waals surface area contributed by atoms with Gasteiger partial charge in [0.15, 0.2) is 0 Å². The standard InChI is InChI=1S/C5H12N2.ClH/c6-5-2-1-3-7-4-5;/h5,7H,1-4,6H2;1H/t5-;/m0./s1. The summed E-state index contributed by atoms with van der Waals surface area (Å²) in [5, 5.41) is 3.21. The fraction of sp³-hybridized carbons (Fsp3) is 1.00. The van der Waals surface area contributed by atoms with Gasteiger partial charge in [-0.3, -0.25) is 0 Å². The van der Waals surface area contributed by atoms with Gasteiger partial charge in [-0.1, -0.05) is 0 Å². The second kappa shape index (κ2) is 4.13. The minimum Gasteiger partial charge on any atom is -0.327 e.